The molecular weight excluding hydrogens is 360 g/mol. The number of hydrogen-bond donors (Lipinski definition) is 1. The van der Waals surface area contributed by atoms with Gasteiger partial charge in [-0.05, 0) is 6.92 Å². The molecule has 2 heterocycles. The Balaban J connectivity index is 1.57. The lowest BCUT2D eigenvalue weighted by molar-refractivity contribution is -0.113. The van der Waals surface area contributed by atoms with Crippen LogP contribution in [0.3, 0.4) is 0 Å². The fourth-order valence-electron chi connectivity index (χ4n) is 2.73. The van der Waals surface area contributed by atoms with Crippen LogP contribution < -0.4 is 5.32 Å². The van der Waals surface area contributed by atoms with Crippen molar-refractivity contribution in [2.45, 2.75) is 11.9 Å². The third-order valence-electron chi connectivity index (χ3n) is 3.94. The van der Waals surface area contributed by atoms with Gasteiger partial charge in [-0.2, -0.15) is 0 Å². The Kier molecular flexibility index (Phi) is 4.84. The Bertz CT molecular complexity index is 1100. The first kappa shape index (κ1) is 17.2. The molecular formula is C20H16N4O2S. The lowest BCUT2D eigenvalue weighted by Crippen LogP contribution is -2.14. The van der Waals surface area contributed by atoms with E-state index in [4.69, 9.17) is 4.52 Å². The summed E-state index contributed by atoms with van der Waals surface area (Å²) < 4.78 is 4.95. The second-order valence-corrected chi connectivity index (χ2v) is 6.89. The van der Waals surface area contributed by atoms with Crippen molar-refractivity contribution in [3.8, 4) is 11.3 Å². The van der Waals surface area contributed by atoms with Crippen LogP contribution >= 0.6 is 11.8 Å². The summed E-state index contributed by atoms with van der Waals surface area (Å²) in [7, 11) is 0. The number of carbonyl (C=O) groups is 1. The largest absolute Gasteiger partial charge is 0.360 e. The molecule has 27 heavy (non-hydrogen) atoms. The molecule has 134 valence electrons. The number of carbonyl (C=O) groups excluding carboxylic acids is 1. The summed E-state index contributed by atoms with van der Waals surface area (Å²) in [5.74, 6) is 1.08. The van der Waals surface area contributed by atoms with Crippen LogP contribution in [-0.4, -0.2) is 27.0 Å². The Morgan fingerprint density at radius 1 is 1.04 bits per heavy atom. The summed E-state index contributed by atoms with van der Waals surface area (Å²) in [6, 6.07) is 19.6. The van der Waals surface area contributed by atoms with Crippen molar-refractivity contribution in [3.05, 3.63) is 66.4 Å². The van der Waals surface area contributed by atoms with Crippen LogP contribution in [-0.2, 0) is 4.79 Å². The minimum absolute atomic E-state index is 0.175. The normalized spacial score (nSPS) is 10.9. The van der Waals surface area contributed by atoms with Crippen molar-refractivity contribution < 1.29 is 9.32 Å². The van der Waals surface area contributed by atoms with Gasteiger partial charge in [-0.25, -0.2) is 0 Å². The summed E-state index contributed by atoms with van der Waals surface area (Å²) in [5.41, 5.74) is 1.84. The molecule has 4 aromatic rings. The summed E-state index contributed by atoms with van der Waals surface area (Å²) >= 11 is 1.34. The molecule has 7 heteroatoms. The van der Waals surface area contributed by atoms with Crippen molar-refractivity contribution in [2.75, 3.05) is 11.1 Å². The first-order valence-electron chi connectivity index (χ1n) is 8.37. The monoisotopic (exact) mass is 376 g/mol. The van der Waals surface area contributed by atoms with Crippen molar-refractivity contribution in [1.82, 2.24) is 15.4 Å². The molecule has 1 amide bonds. The molecule has 0 aliphatic heterocycles. The minimum Gasteiger partial charge on any atom is -0.360 e. The SMILES string of the molecule is Cc1cc(NC(=O)CSc2nnc(-c3ccccc3)c3ccccc23)no1. The topological polar surface area (TPSA) is 80.9 Å². The summed E-state index contributed by atoms with van der Waals surface area (Å²) in [5, 5.41) is 17.9. The van der Waals surface area contributed by atoms with E-state index in [0.717, 1.165) is 27.1 Å². The number of nitrogens with one attached hydrogen (secondary N) is 1. The number of aryl methyl sites for hydroxylation is 1. The highest BCUT2D eigenvalue weighted by molar-refractivity contribution is 8.00. The average molecular weight is 376 g/mol. The predicted molar refractivity (Wildman–Crippen MR) is 106 cm³/mol. The molecule has 0 radical (unpaired) electrons. The highest BCUT2D eigenvalue weighted by atomic mass is 32.2. The number of hydrogen-bond acceptors (Lipinski definition) is 6. The maximum atomic E-state index is 12.2. The van der Waals surface area contributed by atoms with Crippen LogP contribution in [0.5, 0.6) is 0 Å². The van der Waals surface area contributed by atoms with Gasteiger partial charge >= 0.3 is 0 Å². The number of benzene rings is 2. The van der Waals surface area contributed by atoms with Gasteiger partial charge in [0.05, 0.1) is 5.75 Å². The fourth-order valence-corrected chi connectivity index (χ4v) is 3.51. The van der Waals surface area contributed by atoms with Gasteiger partial charge in [-0.3, -0.25) is 4.79 Å². The Labute approximate surface area is 160 Å². The molecule has 1 N–H and O–H groups in total. The van der Waals surface area contributed by atoms with Crippen LogP contribution in [0.4, 0.5) is 5.82 Å². The molecule has 0 aliphatic carbocycles. The van der Waals surface area contributed by atoms with E-state index in [1.807, 2.05) is 54.6 Å². The number of aromatic nitrogens is 3. The number of thioether (sulfide) groups is 1. The first-order valence-corrected chi connectivity index (χ1v) is 9.36. The van der Waals surface area contributed by atoms with E-state index in [-0.39, 0.29) is 11.7 Å². The van der Waals surface area contributed by atoms with Crippen LogP contribution in [0.2, 0.25) is 0 Å². The van der Waals surface area contributed by atoms with E-state index < -0.39 is 0 Å². The Morgan fingerprint density at radius 2 is 1.78 bits per heavy atom. The standard InChI is InChI=1S/C20H16N4O2S/c1-13-11-17(24-26-13)21-18(25)12-27-20-16-10-6-5-9-15(16)19(22-23-20)14-7-3-2-4-8-14/h2-11H,12H2,1H3,(H,21,24,25). The molecule has 6 nitrogen and oxygen atoms in total. The van der Waals surface area contributed by atoms with Gasteiger partial charge < -0.3 is 9.84 Å². The molecule has 2 aromatic carbocycles. The first-order chi connectivity index (χ1) is 13.2. The highest BCUT2D eigenvalue weighted by Crippen LogP contribution is 2.31. The molecule has 0 fully saturated rings. The van der Waals surface area contributed by atoms with Crippen molar-refractivity contribution in [3.63, 3.8) is 0 Å². The molecule has 4 rings (SSSR count). The number of rotatable bonds is 5. The Morgan fingerprint density at radius 3 is 2.52 bits per heavy atom. The van der Waals surface area contributed by atoms with Gasteiger partial charge in [0, 0.05) is 22.4 Å². The number of anilines is 1. The number of amides is 1. The van der Waals surface area contributed by atoms with E-state index in [1.54, 1.807) is 13.0 Å². The van der Waals surface area contributed by atoms with Gasteiger partial charge in [0.15, 0.2) is 5.82 Å². The quantitative estimate of drug-likeness (QED) is 0.522. The maximum absolute atomic E-state index is 12.2. The number of fused-ring (bicyclic) bond motifs is 1. The van der Waals surface area contributed by atoms with Gasteiger partial charge in [0.2, 0.25) is 5.91 Å². The zero-order valence-electron chi connectivity index (χ0n) is 14.5. The minimum atomic E-state index is -0.175. The highest BCUT2D eigenvalue weighted by Gasteiger charge is 2.13. The zero-order chi connectivity index (χ0) is 18.6. The van der Waals surface area contributed by atoms with Crippen molar-refractivity contribution in [1.29, 1.82) is 0 Å². The third-order valence-corrected chi connectivity index (χ3v) is 4.92. The third kappa shape index (κ3) is 3.83. The zero-order valence-corrected chi connectivity index (χ0v) is 15.4. The van der Waals surface area contributed by atoms with Gasteiger partial charge in [-0.15, -0.1) is 10.2 Å². The lowest BCUT2D eigenvalue weighted by Gasteiger charge is -2.09. The van der Waals surface area contributed by atoms with Gasteiger partial charge in [0.1, 0.15) is 16.5 Å². The molecule has 0 saturated heterocycles. The van der Waals surface area contributed by atoms with Crippen molar-refractivity contribution >= 4 is 34.3 Å². The smallest absolute Gasteiger partial charge is 0.236 e. The van der Waals surface area contributed by atoms with Gasteiger partial charge in [0.25, 0.3) is 0 Å². The van der Waals surface area contributed by atoms with E-state index in [1.165, 1.54) is 11.8 Å². The summed E-state index contributed by atoms with van der Waals surface area (Å²) in [4.78, 5) is 12.2. The van der Waals surface area contributed by atoms with Crippen LogP contribution in [0, 0.1) is 6.92 Å². The predicted octanol–water partition coefficient (Wildman–Crippen LogP) is 4.32. The van der Waals surface area contributed by atoms with Crippen LogP contribution in [0.15, 0.2) is 70.2 Å². The second-order valence-electron chi connectivity index (χ2n) is 5.93. The lowest BCUT2D eigenvalue weighted by atomic mass is 10.1. The second kappa shape index (κ2) is 7.59. The van der Waals surface area contributed by atoms with Crippen LogP contribution in [0.1, 0.15) is 5.76 Å². The average Bonchev–Trinajstić information content (AvgIpc) is 3.11. The van der Waals surface area contributed by atoms with E-state index in [0.29, 0.717) is 11.6 Å². The number of nitrogens with zero attached hydrogens (tertiary/aromatic N) is 3. The molecule has 2 aromatic heterocycles. The van der Waals surface area contributed by atoms with Gasteiger partial charge in [-0.1, -0.05) is 71.5 Å². The van der Waals surface area contributed by atoms with Crippen LogP contribution in [0.25, 0.3) is 22.0 Å². The Hall–Kier alpha value is -3.19. The molecule has 0 saturated carbocycles. The van der Waals surface area contributed by atoms with Crippen molar-refractivity contribution in [2.24, 2.45) is 0 Å². The molecule has 0 aliphatic rings. The molecule has 0 atom stereocenters. The fraction of sp³-hybridized carbons (Fsp3) is 0.100. The van der Waals surface area contributed by atoms with E-state index in [2.05, 4.69) is 20.7 Å². The summed E-state index contributed by atoms with van der Waals surface area (Å²) in [6.45, 7) is 1.77. The maximum Gasteiger partial charge on any atom is 0.236 e. The molecule has 0 spiro atoms. The van der Waals surface area contributed by atoms with E-state index >= 15 is 0 Å². The molecule has 0 unspecified atom stereocenters. The van der Waals surface area contributed by atoms with E-state index in [9.17, 15) is 4.79 Å². The molecule has 0 bridgehead atoms. The summed E-state index contributed by atoms with van der Waals surface area (Å²) in [6.07, 6.45) is 0.